The van der Waals surface area contributed by atoms with Gasteiger partial charge < -0.3 is 25.6 Å². The second-order valence-electron chi connectivity index (χ2n) is 11.9. The van der Waals surface area contributed by atoms with Gasteiger partial charge in [-0.1, -0.05) is 66.7 Å². The highest BCUT2D eigenvalue weighted by atomic mass is 32.2. The molecule has 12 heteroatoms. The number of hydrogen-bond acceptors (Lipinski definition) is 8. The molecule has 0 fully saturated rings. The summed E-state index contributed by atoms with van der Waals surface area (Å²) in [6.07, 6.45) is 2.16. The van der Waals surface area contributed by atoms with Gasteiger partial charge in [-0.15, -0.1) is 23.1 Å². The summed E-state index contributed by atoms with van der Waals surface area (Å²) in [5.74, 6) is -1.79. The fraction of sp³-hybridized carbons (Fsp3) is 0.175. The number of esters is 1. The Morgan fingerprint density at radius 3 is 2.44 bits per heavy atom. The first-order chi connectivity index (χ1) is 25.2. The molecule has 10 nitrogen and oxygen atoms in total. The van der Waals surface area contributed by atoms with Gasteiger partial charge in [-0.25, -0.2) is 4.79 Å². The molecule has 52 heavy (non-hydrogen) atoms. The highest BCUT2D eigenvalue weighted by Gasteiger charge is 2.30. The standard InChI is InChI=1S/C40H36N4O6S2/c1-3-50-40(49)36-32-19-20-44(25(2)45)23-34(32)52-39(36)43-35(46)24-51-30-17-10-16-29(22-30)41-38(48)33(42-37(47)27-12-5-4-6-13-27)21-28-15-9-14-26-11-7-8-18-31(26)28/h4-18,21-22H,3,19-20,23-24H2,1-2H3,(H,41,48)(H,42,47)(H,43,46)/b33-21+. The minimum absolute atomic E-state index is 0.0289. The Balaban J connectivity index is 1.16. The van der Waals surface area contributed by atoms with Crippen molar-refractivity contribution in [1.29, 1.82) is 0 Å². The van der Waals surface area contributed by atoms with Gasteiger partial charge in [0.15, 0.2) is 0 Å². The lowest BCUT2D eigenvalue weighted by Gasteiger charge is -2.25. The van der Waals surface area contributed by atoms with E-state index in [9.17, 15) is 24.0 Å². The monoisotopic (exact) mass is 732 g/mol. The summed E-state index contributed by atoms with van der Waals surface area (Å²) in [6.45, 7) is 4.29. The minimum Gasteiger partial charge on any atom is -0.462 e. The lowest BCUT2D eigenvalue weighted by Crippen LogP contribution is -2.34. The molecular formula is C40H36N4O6S2. The van der Waals surface area contributed by atoms with E-state index in [1.165, 1.54) is 30.0 Å². The Bertz CT molecular complexity index is 2190. The molecular weight excluding hydrogens is 697 g/mol. The summed E-state index contributed by atoms with van der Waals surface area (Å²) >= 11 is 2.55. The number of thiophene rings is 1. The van der Waals surface area contributed by atoms with Gasteiger partial charge >= 0.3 is 5.97 Å². The first-order valence-electron chi connectivity index (χ1n) is 16.7. The average Bonchev–Trinajstić information content (AvgIpc) is 3.51. The van der Waals surface area contributed by atoms with Crippen molar-refractivity contribution in [3.63, 3.8) is 0 Å². The van der Waals surface area contributed by atoms with Crippen LogP contribution in [0.2, 0.25) is 0 Å². The SMILES string of the molecule is CCOC(=O)c1c(NC(=O)CSc2cccc(NC(=O)/C(=C\c3cccc4ccccc34)NC(=O)c3ccccc3)c2)sc2c1CCN(C(C)=O)C2. The molecule has 3 N–H and O–H groups in total. The van der Waals surface area contributed by atoms with Gasteiger partial charge in [0.05, 0.1) is 24.5 Å². The van der Waals surface area contributed by atoms with E-state index in [1.54, 1.807) is 60.4 Å². The van der Waals surface area contributed by atoms with E-state index < -0.39 is 17.8 Å². The Morgan fingerprint density at radius 2 is 1.65 bits per heavy atom. The normalized spacial score (nSPS) is 12.5. The zero-order valence-electron chi connectivity index (χ0n) is 28.6. The quantitative estimate of drug-likeness (QED) is 0.0748. The third-order valence-corrected chi connectivity index (χ3v) is 10.5. The smallest absolute Gasteiger partial charge is 0.341 e. The molecule has 5 aromatic rings. The molecule has 0 spiro atoms. The molecule has 0 saturated heterocycles. The van der Waals surface area contributed by atoms with Crippen LogP contribution in [0.15, 0.2) is 108 Å². The molecule has 0 saturated carbocycles. The van der Waals surface area contributed by atoms with Gasteiger partial charge in [0.1, 0.15) is 10.7 Å². The summed E-state index contributed by atoms with van der Waals surface area (Å²) < 4.78 is 5.30. The maximum absolute atomic E-state index is 13.8. The van der Waals surface area contributed by atoms with Gasteiger partial charge in [-0.3, -0.25) is 19.2 Å². The highest BCUT2D eigenvalue weighted by Crippen LogP contribution is 2.38. The summed E-state index contributed by atoms with van der Waals surface area (Å²) in [6, 6.07) is 29.3. The summed E-state index contributed by atoms with van der Waals surface area (Å²) in [5, 5.41) is 10.9. The fourth-order valence-electron chi connectivity index (χ4n) is 5.83. The van der Waals surface area contributed by atoms with Gasteiger partial charge in [0.25, 0.3) is 11.8 Å². The molecule has 4 amide bonds. The first kappa shape index (κ1) is 36.1. The van der Waals surface area contributed by atoms with Gasteiger partial charge in [0, 0.05) is 34.5 Å². The van der Waals surface area contributed by atoms with Crippen LogP contribution in [-0.2, 0) is 32.1 Å². The van der Waals surface area contributed by atoms with E-state index >= 15 is 0 Å². The highest BCUT2D eigenvalue weighted by molar-refractivity contribution is 8.00. The number of benzene rings is 4. The molecule has 2 heterocycles. The predicted molar refractivity (Wildman–Crippen MR) is 205 cm³/mol. The number of rotatable bonds is 11. The molecule has 4 aromatic carbocycles. The number of thioether (sulfide) groups is 1. The van der Waals surface area contributed by atoms with Crippen LogP contribution >= 0.6 is 23.1 Å². The largest absolute Gasteiger partial charge is 0.462 e. The third-order valence-electron chi connectivity index (χ3n) is 8.35. The maximum Gasteiger partial charge on any atom is 0.341 e. The first-order valence-corrected chi connectivity index (χ1v) is 18.5. The van der Waals surface area contributed by atoms with Crippen molar-refractivity contribution in [2.24, 2.45) is 0 Å². The summed E-state index contributed by atoms with van der Waals surface area (Å²) in [5.41, 5.74) is 2.86. The number of nitrogens with one attached hydrogen (secondary N) is 3. The molecule has 0 radical (unpaired) electrons. The molecule has 0 aliphatic carbocycles. The van der Waals surface area contributed by atoms with Crippen molar-refractivity contribution in [1.82, 2.24) is 10.2 Å². The topological polar surface area (TPSA) is 134 Å². The Labute approximate surface area is 309 Å². The van der Waals surface area contributed by atoms with Crippen LogP contribution in [0.3, 0.4) is 0 Å². The summed E-state index contributed by atoms with van der Waals surface area (Å²) in [4.78, 5) is 68.3. The van der Waals surface area contributed by atoms with E-state index in [1.807, 2.05) is 54.6 Å². The van der Waals surface area contributed by atoms with Crippen LogP contribution < -0.4 is 16.0 Å². The number of ether oxygens (including phenoxy) is 1. The fourth-order valence-corrected chi connectivity index (χ4v) is 7.85. The van der Waals surface area contributed by atoms with Gasteiger partial charge in [0.2, 0.25) is 11.8 Å². The molecule has 1 aliphatic rings. The van der Waals surface area contributed by atoms with E-state index in [4.69, 9.17) is 4.74 Å². The molecule has 264 valence electrons. The van der Waals surface area contributed by atoms with Crippen molar-refractivity contribution in [3.05, 3.63) is 130 Å². The van der Waals surface area contributed by atoms with Crippen LogP contribution in [-0.4, -0.2) is 53.4 Å². The van der Waals surface area contributed by atoms with Crippen molar-refractivity contribution in [2.45, 2.75) is 31.7 Å². The number of nitrogens with zero attached hydrogens (tertiary/aromatic N) is 1. The number of carbonyl (C=O) groups is 5. The molecule has 1 aliphatic heterocycles. The van der Waals surface area contributed by atoms with Gasteiger partial charge in [-0.2, -0.15) is 0 Å². The minimum atomic E-state index is -0.520. The average molecular weight is 733 g/mol. The molecule has 0 unspecified atom stereocenters. The molecule has 6 rings (SSSR count). The third kappa shape index (κ3) is 8.59. The lowest BCUT2D eigenvalue weighted by atomic mass is 10.0. The Kier molecular flexibility index (Phi) is 11.5. The maximum atomic E-state index is 13.8. The number of carbonyl (C=O) groups excluding carboxylic acids is 5. The molecule has 0 bridgehead atoms. The van der Waals surface area contributed by atoms with E-state index in [0.29, 0.717) is 46.2 Å². The van der Waals surface area contributed by atoms with E-state index in [-0.39, 0.29) is 29.9 Å². The van der Waals surface area contributed by atoms with E-state index in [2.05, 4.69) is 16.0 Å². The lowest BCUT2D eigenvalue weighted by molar-refractivity contribution is -0.129. The Morgan fingerprint density at radius 1 is 0.904 bits per heavy atom. The van der Waals surface area contributed by atoms with Gasteiger partial charge in [-0.05, 0) is 71.7 Å². The second-order valence-corrected chi connectivity index (χ2v) is 14.0. The van der Waals surface area contributed by atoms with Crippen molar-refractivity contribution < 1.29 is 28.7 Å². The predicted octanol–water partition coefficient (Wildman–Crippen LogP) is 7.12. The summed E-state index contributed by atoms with van der Waals surface area (Å²) in [7, 11) is 0. The number of fused-ring (bicyclic) bond motifs is 2. The Hall–Kier alpha value is -5.72. The second kappa shape index (κ2) is 16.5. The number of hydrogen-bond donors (Lipinski definition) is 3. The van der Waals surface area contributed by atoms with Crippen LogP contribution in [0.5, 0.6) is 0 Å². The van der Waals surface area contributed by atoms with Crippen LogP contribution in [0.25, 0.3) is 16.8 Å². The van der Waals surface area contributed by atoms with Crippen molar-refractivity contribution >= 4 is 80.2 Å². The number of anilines is 2. The zero-order chi connectivity index (χ0) is 36.6. The molecule has 1 aromatic heterocycles. The van der Waals surface area contributed by atoms with Crippen LogP contribution in [0, 0.1) is 0 Å². The van der Waals surface area contributed by atoms with Crippen LogP contribution in [0.1, 0.15) is 50.6 Å². The molecule has 0 atom stereocenters. The van der Waals surface area contributed by atoms with Crippen molar-refractivity contribution in [3.8, 4) is 0 Å². The van der Waals surface area contributed by atoms with Crippen LogP contribution in [0.4, 0.5) is 10.7 Å². The van der Waals surface area contributed by atoms with Crippen molar-refractivity contribution in [2.75, 3.05) is 29.5 Å². The number of amides is 4. The van der Waals surface area contributed by atoms with E-state index in [0.717, 1.165) is 26.8 Å². The zero-order valence-corrected chi connectivity index (χ0v) is 30.2.